The zero-order chi connectivity index (χ0) is 8.55. The van der Waals surface area contributed by atoms with E-state index in [4.69, 9.17) is 5.73 Å². The minimum Gasteiger partial charge on any atom is -0.396 e. The number of nitrogen functional groups attached to an aromatic ring is 1. The standard InChI is InChI=1S/C7H9N5.2ClH/c1-11-5-7(3-9-11)12-4-6(8)2-10-12;;/h2-5H,8H2,1H3;2*1H. The van der Waals surface area contributed by atoms with Gasteiger partial charge in [0, 0.05) is 7.05 Å². The zero-order valence-corrected chi connectivity index (χ0v) is 9.13. The molecule has 0 fully saturated rings. The van der Waals surface area contributed by atoms with Crippen LogP contribution in [0.2, 0.25) is 0 Å². The Morgan fingerprint density at radius 2 is 1.86 bits per heavy atom. The van der Waals surface area contributed by atoms with Gasteiger partial charge < -0.3 is 5.73 Å². The molecule has 0 spiro atoms. The highest BCUT2D eigenvalue weighted by molar-refractivity contribution is 5.85. The predicted molar refractivity (Wildman–Crippen MR) is 59.2 cm³/mol. The van der Waals surface area contributed by atoms with E-state index in [0.717, 1.165) is 5.69 Å². The molecule has 0 saturated heterocycles. The normalized spacial score (nSPS) is 8.93. The van der Waals surface area contributed by atoms with Crippen LogP contribution in [0.25, 0.3) is 5.69 Å². The van der Waals surface area contributed by atoms with Gasteiger partial charge in [-0.25, -0.2) is 4.68 Å². The van der Waals surface area contributed by atoms with Crippen molar-refractivity contribution in [2.45, 2.75) is 0 Å². The van der Waals surface area contributed by atoms with E-state index in [1.165, 1.54) is 0 Å². The van der Waals surface area contributed by atoms with Crippen molar-refractivity contribution in [3.05, 3.63) is 24.8 Å². The molecule has 0 saturated carbocycles. The van der Waals surface area contributed by atoms with Gasteiger partial charge in [-0.3, -0.25) is 4.68 Å². The topological polar surface area (TPSA) is 61.7 Å². The first-order valence-electron chi connectivity index (χ1n) is 3.55. The van der Waals surface area contributed by atoms with Gasteiger partial charge in [0.1, 0.15) is 5.69 Å². The molecule has 2 N–H and O–H groups in total. The van der Waals surface area contributed by atoms with E-state index in [9.17, 15) is 0 Å². The molecule has 0 amide bonds. The van der Waals surface area contributed by atoms with Gasteiger partial charge in [-0.1, -0.05) is 0 Å². The van der Waals surface area contributed by atoms with Crippen LogP contribution in [0.1, 0.15) is 0 Å². The molecule has 7 heteroatoms. The smallest absolute Gasteiger partial charge is 0.103 e. The Labute approximate surface area is 93.7 Å². The summed E-state index contributed by atoms with van der Waals surface area (Å²) in [5.74, 6) is 0. The monoisotopic (exact) mass is 235 g/mol. The van der Waals surface area contributed by atoms with E-state index in [1.807, 2.05) is 13.2 Å². The molecule has 0 bridgehead atoms. The van der Waals surface area contributed by atoms with Crippen LogP contribution in [0.4, 0.5) is 5.69 Å². The Bertz CT molecular complexity index is 356. The maximum absolute atomic E-state index is 5.51. The van der Waals surface area contributed by atoms with Gasteiger partial charge in [0.25, 0.3) is 0 Å². The third-order valence-corrected chi connectivity index (χ3v) is 1.56. The van der Waals surface area contributed by atoms with Gasteiger partial charge in [-0.15, -0.1) is 24.8 Å². The number of nitrogens with zero attached hydrogens (tertiary/aromatic N) is 4. The van der Waals surface area contributed by atoms with Gasteiger partial charge in [0.15, 0.2) is 0 Å². The van der Waals surface area contributed by atoms with Crippen LogP contribution in [-0.2, 0) is 7.05 Å². The molecule has 2 rings (SSSR count). The number of aromatic nitrogens is 4. The van der Waals surface area contributed by atoms with Crippen molar-refractivity contribution in [2.24, 2.45) is 7.05 Å². The third kappa shape index (κ3) is 2.40. The fourth-order valence-electron chi connectivity index (χ4n) is 1.00. The molecule has 5 nitrogen and oxygen atoms in total. The van der Waals surface area contributed by atoms with Gasteiger partial charge in [0.05, 0.1) is 30.5 Å². The van der Waals surface area contributed by atoms with Crippen molar-refractivity contribution in [1.82, 2.24) is 19.6 Å². The molecule has 0 aliphatic heterocycles. The summed E-state index contributed by atoms with van der Waals surface area (Å²) in [5.41, 5.74) is 7.08. The summed E-state index contributed by atoms with van der Waals surface area (Å²) < 4.78 is 3.40. The first-order valence-corrected chi connectivity index (χ1v) is 3.55. The fourth-order valence-corrected chi connectivity index (χ4v) is 1.00. The Hall–Kier alpha value is -1.20. The summed E-state index contributed by atoms with van der Waals surface area (Å²) in [7, 11) is 1.86. The van der Waals surface area contributed by atoms with E-state index in [0.29, 0.717) is 5.69 Å². The summed E-state index contributed by atoms with van der Waals surface area (Å²) >= 11 is 0. The number of nitrogens with two attached hydrogens (primary N) is 1. The highest BCUT2D eigenvalue weighted by atomic mass is 35.5. The lowest BCUT2D eigenvalue weighted by atomic mass is 10.5. The summed E-state index contributed by atoms with van der Waals surface area (Å²) in [6, 6.07) is 0. The minimum atomic E-state index is 0. The predicted octanol–water partition coefficient (Wildman–Crippen LogP) is 1.03. The molecule has 78 valence electrons. The Kier molecular flexibility index (Phi) is 4.46. The Morgan fingerprint density at radius 1 is 1.14 bits per heavy atom. The molecule has 2 aromatic rings. The van der Waals surface area contributed by atoms with Crippen molar-refractivity contribution in [1.29, 1.82) is 0 Å². The zero-order valence-electron chi connectivity index (χ0n) is 7.49. The summed E-state index contributed by atoms with van der Waals surface area (Å²) in [5, 5.41) is 8.05. The van der Waals surface area contributed by atoms with Crippen LogP contribution in [0, 0.1) is 0 Å². The molecule has 2 aromatic heterocycles. The number of rotatable bonds is 1. The first kappa shape index (κ1) is 12.8. The number of anilines is 1. The fraction of sp³-hybridized carbons (Fsp3) is 0.143. The highest BCUT2D eigenvalue weighted by Gasteiger charge is 1.99. The molecule has 0 radical (unpaired) electrons. The van der Waals surface area contributed by atoms with Crippen molar-refractivity contribution in [3.63, 3.8) is 0 Å². The lowest BCUT2D eigenvalue weighted by molar-refractivity contribution is 0.766. The number of aryl methyl sites for hydroxylation is 1. The average molecular weight is 236 g/mol. The van der Waals surface area contributed by atoms with E-state index in [2.05, 4.69) is 10.2 Å². The van der Waals surface area contributed by atoms with Crippen LogP contribution in [0.5, 0.6) is 0 Å². The average Bonchev–Trinajstić information content (AvgIpc) is 2.58. The molecular weight excluding hydrogens is 225 g/mol. The maximum atomic E-state index is 5.51. The van der Waals surface area contributed by atoms with Crippen LogP contribution in [-0.4, -0.2) is 19.6 Å². The molecule has 0 aromatic carbocycles. The molecule has 0 unspecified atom stereocenters. The van der Waals surface area contributed by atoms with Gasteiger partial charge in [0.2, 0.25) is 0 Å². The lowest BCUT2D eigenvalue weighted by Crippen LogP contribution is -1.91. The molecule has 0 aliphatic carbocycles. The molecule has 0 aliphatic rings. The van der Waals surface area contributed by atoms with Crippen LogP contribution in [0.15, 0.2) is 24.8 Å². The van der Waals surface area contributed by atoms with Crippen LogP contribution < -0.4 is 5.73 Å². The van der Waals surface area contributed by atoms with E-state index in [1.54, 1.807) is 28.0 Å². The van der Waals surface area contributed by atoms with Crippen molar-refractivity contribution >= 4 is 30.5 Å². The van der Waals surface area contributed by atoms with Crippen molar-refractivity contribution in [2.75, 3.05) is 5.73 Å². The van der Waals surface area contributed by atoms with E-state index < -0.39 is 0 Å². The largest absolute Gasteiger partial charge is 0.396 e. The summed E-state index contributed by atoms with van der Waals surface area (Å²) in [4.78, 5) is 0. The van der Waals surface area contributed by atoms with Crippen LogP contribution >= 0.6 is 24.8 Å². The second-order valence-electron chi connectivity index (χ2n) is 2.59. The van der Waals surface area contributed by atoms with E-state index in [-0.39, 0.29) is 24.8 Å². The summed E-state index contributed by atoms with van der Waals surface area (Å²) in [6.45, 7) is 0. The SMILES string of the molecule is Cl.Cl.Cn1cc(-n2cc(N)cn2)cn1. The Balaban J connectivity index is 0.000000845. The molecular formula is C7H11Cl2N5. The Morgan fingerprint density at radius 3 is 2.29 bits per heavy atom. The number of halogens is 2. The van der Waals surface area contributed by atoms with Gasteiger partial charge >= 0.3 is 0 Å². The van der Waals surface area contributed by atoms with Crippen LogP contribution in [0.3, 0.4) is 0 Å². The molecule has 0 atom stereocenters. The van der Waals surface area contributed by atoms with Crippen molar-refractivity contribution in [3.8, 4) is 5.69 Å². The summed E-state index contributed by atoms with van der Waals surface area (Å²) in [6.07, 6.45) is 6.95. The van der Waals surface area contributed by atoms with Gasteiger partial charge in [-0.05, 0) is 0 Å². The van der Waals surface area contributed by atoms with Gasteiger partial charge in [-0.2, -0.15) is 10.2 Å². The third-order valence-electron chi connectivity index (χ3n) is 1.56. The second-order valence-corrected chi connectivity index (χ2v) is 2.59. The lowest BCUT2D eigenvalue weighted by Gasteiger charge is -1.92. The highest BCUT2D eigenvalue weighted by Crippen LogP contribution is 2.06. The molecule has 14 heavy (non-hydrogen) atoms. The first-order chi connectivity index (χ1) is 5.75. The number of hydrogen-bond donors (Lipinski definition) is 1. The number of hydrogen-bond acceptors (Lipinski definition) is 3. The molecule has 2 heterocycles. The minimum absolute atomic E-state index is 0. The quantitative estimate of drug-likeness (QED) is 0.804. The second kappa shape index (κ2) is 4.88. The maximum Gasteiger partial charge on any atom is 0.103 e. The van der Waals surface area contributed by atoms with E-state index >= 15 is 0 Å². The van der Waals surface area contributed by atoms with Crippen molar-refractivity contribution < 1.29 is 0 Å².